The SMILES string of the molecule is Cn1nc(N[S+](C)[O-])c2cccc(-c3cc4[nH]c(C5CC5)nc4nc3C(Cc3cc(F)cc(F)c3)NC(=O)Cn3nc(C(F)F)c4c3C(F)(F)CC4)c21. The number of rotatable bonds is 11. The van der Waals surface area contributed by atoms with Crippen molar-refractivity contribution in [1.82, 2.24) is 39.8 Å². The molecule has 0 spiro atoms. The van der Waals surface area contributed by atoms with Crippen LogP contribution in [-0.4, -0.2) is 51.2 Å². The summed E-state index contributed by atoms with van der Waals surface area (Å²) in [5.74, 6) is -4.79. The Morgan fingerprint density at radius 2 is 1.83 bits per heavy atom. The number of halogens is 6. The zero-order valence-electron chi connectivity index (χ0n) is 28.2. The van der Waals surface area contributed by atoms with E-state index in [0.717, 1.165) is 30.8 Å². The minimum absolute atomic E-state index is 0.142. The molecule has 4 heterocycles. The Labute approximate surface area is 300 Å². The van der Waals surface area contributed by atoms with E-state index in [9.17, 15) is 35.7 Å². The molecule has 2 aromatic carbocycles. The molecular weight excluding hydrogens is 725 g/mol. The van der Waals surface area contributed by atoms with Gasteiger partial charge in [0, 0.05) is 47.5 Å². The van der Waals surface area contributed by atoms with Gasteiger partial charge in [0.2, 0.25) is 5.91 Å². The van der Waals surface area contributed by atoms with Gasteiger partial charge in [-0.2, -0.15) is 23.7 Å². The van der Waals surface area contributed by atoms with E-state index in [4.69, 9.17) is 9.97 Å². The number of carbonyl (C=O) groups is 1. The van der Waals surface area contributed by atoms with Gasteiger partial charge in [-0.3, -0.25) is 14.2 Å². The second kappa shape index (κ2) is 13.1. The summed E-state index contributed by atoms with van der Waals surface area (Å²) < 4.78 is 104. The second-order valence-electron chi connectivity index (χ2n) is 13.4. The fourth-order valence-electron chi connectivity index (χ4n) is 7.19. The Morgan fingerprint density at radius 1 is 1.08 bits per heavy atom. The average Bonchev–Trinajstić information content (AvgIpc) is 3.46. The van der Waals surface area contributed by atoms with Crippen LogP contribution >= 0.6 is 0 Å². The van der Waals surface area contributed by atoms with Gasteiger partial charge in [-0.25, -0.2) is 27.5 Å². The number of hydrogen-bond acceptors (Lipinski definition) is 7. The van der Waals surface area contributed by atoms with E-state index in [1.165, 1.54) is 6.26 Å². The second-order valence-corrected chi connectivity index (χ2v) is 14.5. The predicted molar refractivity (Wildman–Crippen MR) is 184 cm³/mol. The van der Waals surface area contributed by atoms with Crippen LogP contribution in [0.4, 0.5) is 32.2 Å². The lowest BCUT2D eigenvalue weighted by Crippen LogP contribution is -2.35. The summed E-state index contributed by atoms with van der Waals surface area (Å²) in [4.78, 5) is 26.8. The number of carbonyl (C=O) groups excluding carboxylic acids is 1. The average molecular weight is 756 g/mol. The van der Waals surface area contributed by atoms with Crippen LogP contribution < -0.4 is 10.0 Å². The molecular formula is C35H31F6N9O2S. The largest absolute Gasteiger partial charge is 0.593 e. The number of aromatic amines is 1. The summed E-state index contributed by atoms with van der Waals surface area (Å²) in [7, 11) is 1.70. The maximum absolute atomic E-state index is 14.9. The highest BCUT2D eigenvalue weighted by Crippen LogP contribution is 2.45. The molecule has 1 fully saturated rings. The number of imidazole rings is 1. The Morgan fingerprint density at radius 3 is 2.53 bits per heavy atom. The van der Waals surface area contributed by atoms with Crippen LogP contribution in [0.1, 0.15) is 71.7 Å². The highest BCUT2D eigenvalue weighted by molar-refractivity contribution is 7.92. The van der Waals surface area contributed by atoms with Crippen molar-refractivity contribution >= 4 is 45.2 Å². The smallest absolute Gasteiger partial charge is 0.290 e. The maximum Gasteiger partial charge on any atom is 0.290 e. The number of aryl methyl sites for hydroxylation is 1. The maximum atomic E-state index is 14.9. The van der Waals surface area contributed by atoms with Crippen LogP contribution in [0.3, 0.4) is 0 Å². The van der Waals surface area contributed by atoms with E-state index in [0.29, 0.717) is 49.8 Å². The quantitative estimate of drug-likeness (QED) is 0.0995. The number of hydrogen-bond donors (Lipinski definition) is 3. The Kier molecular flexibility index (Phi) is 8.63. The number of benzene rings is 2. The Bertz CT molecular complexity index is 2380. The van der Waals surface area contributed by atoms with Crippen LogP contribution in [0.25, 0.3) is 33.2 Å². The van der Waals surface area contributed by atoms with Crippen LogP contribution in [0.15, 0.2) is 42.5 Å². The van der Waals surface area contributed by atoms with E-state index in [-0.39, 0.29) is 35.6 Å². The van der Waals surface area contributed by atoms with E-state index >= 15 is 0 Å². The van der Waals surface area contributed by atoms with Crippen molar-refractivity contribution in [2.24, 2.45) is 7.05 Å². The van der Waals surface area contributed by atoms with Gasteiger partial charge in [-0.1, -0.05) is 12.1 Å². The Hall–Kier alpha value is -5.10. The van der Waals surface area contributed by atoms with Crippen molar-refractivity contribution in [2.75, 3.05) is 11.0 Å². The zero-order chi connectivity index (χ0) is 37.3. The highest BCUT2D eigenvalue weighted by atomic mass is 32.2. The number of fused-ring (bicyclic) bond motifs is 3. The fraction of sp³-hybridized carbons (Fsp3) is 0.343. The lowest BCUT2D eigenvalue weighted by Gasteiger charge is -2.23. The molecule has 2 unspecified atom stereocenters. The molecule has 4 aromatic heterocycles. The molecule has 1 amide bonds. The lowest BCUT2D eigenvalue weighted by atomic mass is 9.94. The molecule has 11 nitrogen and oxygen atoms in total. The molecule has 0 bridgehead atoms. The van der Waals surface area contributed by atoms with Gasteiger partial charge >= 0.3 is 0 Å². The monoisotopic (exact) mass is 755 g/mol. The summed E-state index contributed by atoms with van der Waals surface area (Å²) in [6.07, 6.45) is -1.02. The summed E-state index contributed by atoms with van der Waals surface area (Å²) in [5, 5.41) is 11.6. The number of anilines is 1. The molecule has 8 rings (SSSR count). The van der Waals surface area contributed by atoms with Gasteiger partial charge in [-0.05, 0) is 55.5 Å². The fourth-order valence-corrected chi connectivity index (χ4v) is 7.62. The first kappa shape index (κ1) is 35.0. The molecule has 1 saturated carbocycles. The lowest BCUT2D eigenvalue weighted by molar-refractivity contribution is -0.122. The van der Waals surface area contributed by atoms with Gasteiger partial charge in [0.05, 0.1) is 34.1 Å². The van der Waals surface area contributed by atoms with Gasteiger partial charge < -0.3 is 14.9 Å². The van der Waals surface area contributed by atoms with E-state index in [2.05, 4.69) is 25.2 Å². The van der Waals surface area contributed by atoms with E-state index < -0.39 is 71.6 Å². The molecule has 2 aliphatic carbocycles. The first-order valence-corrected chi connectivity index (χ1v) is 18.3. The van der Waals surface area contributed by atoms with Crippen molar-refractivity contribution in [1.29, 1.82) is 0 Å². The number of alkyl halides is 4. The molecule has 53 heavy (non-hydrogen) atoms. The van der Waals surface area contributed by atoms with E-state index in [1.807, 2.05) is 0 Å². The number of nitrogens with one attached hydrogen (secondary N) is 3. The number of H-pyrrole nitrogens is 1. The third kappa shape index (κ3) is 6.58. The van der Waals surface area contributed by atoms with Crippen LogP contribution in [0.5, 0.6) is 0 Å². The molecule has 0 saturated heterocycles. The normalized spacial score (nSPS) is 16.4. The van der Waals surface area contributed by atoms with Crippen molar-refractivity contribution < 1.29 is 35.7 Å². The van der Waals surface area contributed by atoms with Gasteiger partial charge in [-0.15, -0.1) is 0 Å². The summed E-state index contributed by atoms with van der Waals surface area (Å²) in [6.45, 7) is -0.842. The number of amides is 1. The summed E-state index contributed by atoms with van der Waals surface area (Å²) in [6, 6.07) is 8.87. The number of nitrogens with zero attached hydrogens (tertiary/aromatic N) is 6. The molecule has 2 atom stereocenters. The minimum Gasteiger partial charge on any atom is -0.593 e. The molecule has 2 aliphatic rings. The summed E-state index contributed by atoms with van der Waals surface area (Å²) >= 11 is -1.45. The number of para-hydroxylation sites is 1. The third-order valence-corrected chi connectivity index (χ3v) is 10.0. The number of pyridine rings is 1. The first-order chi connectivity index (χ1) is 25.3. The van der Waals surface area contributed by atoms with Crippen molar-refractivity contribution in [3.05, 3.63) is 88.1 Å². The molecule has 0 aliphatic heterocycles. The van der Waals surface area contributed by atoms with Crippen molar-refractivity contribution in [3.8, 4) is 11.1 Å². The van der Waals surface area contributed by atoms with Crippen LogP contribution in [-0.2, 0) is 48.5 Å². The Balaban J connectivity index is 1.27. The standard InChI is InChI=1S/C35H31F6N9O2S/c1-49-29-20(4-3-5-22(29)33(47-49)48-53(2)52)23-14-25-34(45-32(43-25)17-6-7-17)44-27(23)24(12-16-10-18(36)13-19(37)11-16)42-26(51)15-50-30-21(8-9-35(30,40)41)28(46-50)31(38)39/h3-5,10-11,13-14,17,24,31H,6-9,12,15H2,1-2H3,(H,42,51)(H,47,48)(H,43,44,45). The van der Waals surface area contributed by atoms with Gasteiger partial charge in [0.15, 0.2) is 11.5 Å². The van der Waals surface area contributed by atoms with Crippen molar-refractivity contribution in [3.63, 3.8) is 0 Å². The van der Waals surface area contributed by atoms with Crippen molar-refractivity contribution in [2.45, 2.75) is 63.0 Å². The zero-order valence-corrected chi connectivity index (χ0v) is 29.0. The third-order valence-electron chi connectivity index (χ3n) is 9.52. The molecule has 276 valence electrons. The topological polar surface area (TPSA) is 141 Å². The molecule has 18 heteroatoms. The molecule has 3 N–H and O–H groups in total. The molecule has 6 aromatic rings. The molecule has 0 radical (unpaired) electrons. The number of aromatic nitrogens is 7. The van der Waals surface area contributed by atoms with Crippen LogP contribution in [0.2, 0.25) is 0 Å². The minimum atomic E-state index is -3.48. The van der Waals surface area contributed by atoms with E-state index in [1.54, 1.807) is 36.0 Å². The van der Waals surface area contributed by atoms with Crippen LogP contribution in [0, 0.1) is 11.6 Å². The van der Waals surface area contributed by atoms with Gasteiger partial charge in [0.1, 0.15) is 41.6 Å². The predicted octanol–water partition coefficient (Wildman–Crippen LogP) is 6.64. The first-order valence-electron chi connectivity index (χ1n) is 16.7. The highest BCUT2D eigenvalue weighted by Gasteiger charge is 2.46. The summed E-state index contributed by atoms with van der Waals surface area (Å²) in [5.41, 5.74) is 1.06. The van der Waals surface area contributed by atoms with Gasteiger partial charge in [0.25, 0.3) is 12.3 Å².